The number of nitrogens with zero attached hydrogens (tertiary/aromatic N) is 1. The number of carbonyl (C=O) groups excluding carboxylic acids is 1. The van der Waals surface area contributed by atoms with Gasteiger partial charge in [-0.05, 0) is 19.8 Å². The molecule has 2 saturated heterocycles. The molecule has 2 aliphatic heterocycles. The zero-order valence-corrected chi connectivity index (χ0v) is 11.9. The van der Waals surface area contributed by atoms with Gasteiger partial charge in [0.05, 0.1) is 5.60 Å². The number of carboxylic acid groups (broad SMARTS) is 1. The lowest BCUT2D eigenvalue weighted by Crippen LogP contribution is -2.55. The van der Waals surface area contributed by atoms with Crippen molar-refractivity contribution in [1.82, 2.24) is 10.2 Å². The average Bonchev–Trinajstić information content (AvgIpc) is 2.83. The van der Waals surface area contributed by atoms with Gasteiger partial charge >= 0.3 is 12.0 Å². The Balaban J connectivity index is 1.89. The van der Waals surface area contributed by atoms with Crippen LogP contribution in [0.3, 0.4) is 0 Å². The number of hydrogen-bond donors (Lipinski definition) is 2. The molecular formula is C12H20N2O4S. The summed E-state index contributed by atoms with van der Waals surface area (Å²) in [5, 5.41) is 11.9. The average molecular weight is 288 g/mol. The van der Waals surface area contributed by atoms with Crippen LogP contribution in [0, 0.1) is 0 Å². The smallest absolute Gasteiger partial charge is 0.327 e. The van der Waals surface area contributed by atoms with E-state index in [4.69, 9.17) is 9.84 Å². The molecule has 6 nitrogen and oxygen atoms in total. The van der Waals surface area contributed by atoms with Crippen molar-refractivity contribution in [3.63, 3.8) is 0 Å². The number of amides is 2. The first-order valence-electron chi connectivity index (χ1n) is 6.51. The maximum absolute atomic E-state index is 12.1. The number of thioether (sulfide) groups is 1. The zero-order valence-electron chi connectivity index (χ0n) is 11.1. The molecule has 0 spiro atoms. The van der Waals surface area contributed by atoms with Crippen LogP contribution in [0.25, 0.3) is 0 Å². The molecule has 0 bridgehead atoms. The van der Waals surface area contributed by atoms with E-state index >= 15 is 0 Å². The van der Waals surface area contributed by atoms with Crippen LogP contribution in [0.15, 0.2) is 0 Å². The van der Waals surface area contributed by atoms with Crippen molar-refractivity contribution in [2.24, 2.45) is 0 Å². The van der Waals surface area contributed by atoms with Gasteiger partial charge in [-0.25, -0.2) is 9.59 Å². The fraction of sp³-hybridized carbons (Fsp3) is 0.833. The van der Waals surface area contributed by atoms with Crippen molar-refractivity contribution in [3.8, 4) is 0 Å². The number of hydrogen-bond acceptors (Lipinski definition) is 4. The summed E-state index contributed by atoms with van der Waals surface area (Å²) in [6.07, 6.45) is 1.93. The van der Waals surface area contributed by atoms with Crippen molar-refractivity contribution >= 4 is 23.8 Å². The van der Waals surface area contributed by atoms with Crippen LogP contribution in [0.5, 0.6) is 0 Å². The van der Waals surface area contributed by atoms with Crippen LogP contribution in [0.4, 0.5) is 4.79 Å². The van der Waals surface area contributed by atoms with Gasteiger partial charge in [0, 0.05) is 31.2 Å². The monoisotopic (exact) mass is 288 g/mol. The molecule has 0 aromatic carbocycles. The molecule has 0 aromatic rings. The van der Waals surface area contributed by atoms with Gasteiger partial charge in [-0.2, -0.15) is 11.8 Å². The minimum absolute atomic E-state index is 0.301. The topological polar surface area (TPSA) is 78.9 Å². The van der Waals surface area contributed by atoms with E-state index in [2.05, 4.69) is 5.32 Å². The van der Waals surface area contributed by atoms with E-state index in [-0.39, 0.29) is 11.6 Å². The van der Waals surface area contributed by atoms with Crippen LogP contribution >= 0.6 is 11.8 Å². The van der Waals surface area contributed by atoms with E-state index in [1.807, 2.05) is 6.92 Å². The van der Waals surface area contributed by atoms with Gasteiger partial charge in [-0.3, -0.25) is 0 Å². The van der Waals surface area contributed by atoms with Crippen LogP contribution in [-0.4, -0.2) is 64.9 Å². The predicted molar refractivity (Wildman–Crippen MR) is 72.4 cm³/mol. The standard InChI is InChI=1S/C12H20N2O4S/c1-12(3-2-5-18-12)8-13-11(17)14-4-6-19-7-9(14)10(15)16/h9H,2-8H2,1H3,(H,13,17)(H,15,16). The number of carboxylic acids is 1. The van der Waals surface area contributed by atoms with Gasteiger partial charge < -0.3 is 20.1 Å². The highest BCUT2D eigenvalue weighted by atomic mass is 32.2. The number of aliphatic carboxylic acids is 1. The first-order valence-corrected chi connectivity index (χ1v) is 7.66. The van der Waals surface area contributed by atoms with Crippen LogP contribution < -0.4 is 5.32 Å². The lowest BCUT2D eigenvalue weighted by atomic mass is 10.0. The molecule has 2 fully saturated rings. The van der Waals surface area contributed by atoms with E-state index in [0.717, 1.165) is 25.2 Å². The Labute approximate surface area is 116 Å². The van der Waals surface area contributed by atoms with Gasteiger partial charge in [-0.15, -0.1) is 0 Å². The highest BCUT2D eigenvalue weighted by molar-refractivity contribution is 7.99. The highest BCUT2D eigenvalue weighted by Gasteiger charge is 2.35. The molecule has 2 heterocycles. The van der Waals surface area contributed by atoms with Crippen LogP contribution in [0.1, 0.15) is 19.8 Å². The number of ether oxygens (including phenoxy) is 1. The molecule has 0 saturated carbocycles. The summed E-state index contributed by atoms with van der Waals surface area (Å²) in [5.41, 5.74) is -0.307. The third kappa shape index (κ3) is 3.54. The Hall–Kier alpha value is -0.950. The van der Waals surface area contributed by atoms with E-state index in [1.165, 1.54) is 4.90 Å². The first kappa shape index (κ1) is 14.5. The lowest BCUT2D eigenvalue weighted by molar-refractivity contribution is -0.141. The van der Waals surface area contributed by atoms with Gasteiger partial charge in [0.1, 0.15) is 6.04 Å². The fourth-order valence-electron chi connectivity index (χ4n) is 2.39. The van der Waals surface area contributed by atoms with Crippen LogP contribution in [0.2, 0.25) is 0 Å². The third-order valence-electron chi connectivity index (χ3n) is 3.59. The SMILES string of the molecule is CC1(CNC(=O)N2CCSCC2C(=O)O)CCCO1. The number of carbonyl (C=O) groups is 2. The Bertz CT molecular complexity index is 358. The molecule has 108 valence electrons. The summed E-state index contributed by atoms with van der Waals surface area (Å²) in [7, 11) is 0. The minimum Gasteiger partial charge on any atom is -0.480 e. The van der Waals surface area contributed by atoms with E-state index < -0.39 is 12.0 Å². The number of rotatable bonds is 3. The summed E-state index contributed by atoms with van der Waals surface area (Å²) < 4.78 is 5.60. The molecule has 0 radical (unpaired) electrons. The number of urea groups is 1. The Morgan fingerprint density at radius 2 is 2.37 bits per heavy atom. The zero-order chi connectivity index (χ0) is 13.9. The molecule has 19 heavy (non-hydrogen) atoms. The van der Waals surface area contributed by atoms with Crippen molar-refractivity contribution in [1.29, 1.82) is 0 Å². The molecule has 2 aliphatic rings. The van der Waals surface area contributed by atoms with Crippen molar-refractivity contribution in [2.45, 2.75) is 31.4 Å². The highest BCUT2D eigenvalue weighted by Crippen LogP contribution is 2.24. The fourth-order valence-corrected chi connectivity index (χ4v) is 3.43. The van der Waals surface area contributed by atoms with Crippen molar-refractivity contribution in [3.05, 3.63) is 0 Å². The normalized spacial score (nSPS) is 31.2. The largest absolute Gasteiger partial charge is 0.480 e. The second-order valence-electron chi connectivity index (χ2n) is 5.18. The van der Waals surface area contributed by atoms with E-state index in [0.29, 0.717) is 18.8 Å². The summed E-state index contributed by atoms with van der Waals surface area (Å²) in [5.74, 6) is 0.298. The Morgan fingerprint density at radius 3 is 3.00 bits per heavy atom. The van der Waals surface area contributed by atoms with Crippen molar-refractivity contribution in [2.75, 3.05) is 31.2 Å². The second-order valence-corrected chi connectivity index (χ2v) is 6.33. The molecule has 7 heteroatoms. The van der Waals surface area contributed by atoms with Gasteiger partial charge in [0.2, 0.25) is 0 Å². The van der Waals surface area contributed by atoms with E-state index in [1.54, 1.807) is 11.8 Å². The molecule has 2 N–H and O–H groups in total. The molecule has 2 rings (SSSR count). The maximum Gasteiger partial charge on any atom is 0.327 e. The van der Waals surface area contributed by atoms with Gasteiger partial charge in [0.25, 0.3) is 0 Å². The lowest BCUT2D eigenvalue weighted by Gasteiger charge is -2.33. The Kier molecular flexibility index (Phi) is 4.57. The molecule has 0 aromatic heterocycles. The van der Waals surface area contributed by atoms with Crippen molar-refractivity contribution < 1.29 is 19.4 Å². The second kappa shape index (κ2) is 6.00. The molecule has 0 aliphatic carbocycles. The minimum atomic E-state index is -0.939. The summed E-state index contributed by atoms with van der Waals surface area (Å²) in [6, 6.07) is -1.03. The maximum atomic E-state index is 12.1. The first-order chi connectivity index (χ1) is 9.02. The molecule has 2 atom stereocenters. The quantitative estimate of drug-likeness (QED) is 0.802. The van der Waals surface area contributed by atoms with Gasteiger partial charge in [0.15, 0.2) is 0 Å². The number of nitrogens with one attached hydrogen (secondary N) is 1. The molecule has 2 amide bonds. The summed E-state index contributed by atoms with van der Waals surface area (Å²) in [6.45, 7) is 3.61. The molecular weight excluding hydrogens is 268 g/mol. The predicted octanol–water partition coefficient (Wildman–Crippen LogP) is 0.767. The van der Waals surface area contributed by atoms with E-state index in [9.17, 15) is 9.59 Å². The Morgan fingerprint density at radius 1 is 1.58 bits per heavy atom. The summed E-state index contributed by atoms with van der Waals surface area (Å²) in [4.78, 5) is 24.6. The molecule has 2 unspecified atom stereocenters. The van der Waals surface area contributed by atoms with Gasteiger partial charge in [-0.1, -0.05) is 0 Å². The van der Waals surface area contributed by atoms with Crippen LogP contribution in [-0.2, 0) is 9.53 Å². The summed E-state index contributed by atoms with van der Waals surface area (Å²) >= 11 is 1.57. The third-order valence-corrected chi connectivity index (χ3v) is 4.61.